The van der Waals surface area contributed by atoms with Gasteiger partial charge in [0.25, 0.3) is 11.6 Å². The lowest BCUT2D eigenvalue weighted by Crippen LogP contribution is -2.40. The van der Waals surface area contributed by atoms with Gasteiger partial charge in [-0.05, 0) is 18.2 Å². The minimum Gasteiger partial charge on any atom is -0.378 e. The van der Waals surface area contributed by atoms with Crippen LogP contribution in [0.25, 0.3) is 5.65 Å². The van der Waals surface area contributed by atoms with Crippen LogP contribution in [0.1, 0.15) is 16.1 Å². The van der Waals surface area contributed by atoms with Gasteiger partial charge in [0.2, 0.25) is 0 Å². The van der Waals surface area contributed by atoms with Gasteiger partial charge in [-0.15, -0.1) is 0 Å². The molecule has 10 nitrogen and oxygen atoms in total. The topological polar surface area (TPSA) is 115 Å². The number of nitro groups is 1. The van der Waals surface area contributed by atoms with Crippen molar-refractivity contribution >= 4 is 22.9 Å². The zero-order valence-corrected chi connectivity index (χ0v) is 14.9. The van der Waals surface area contributed by atoms with Crippen LogP contribution in [0, 0.1) is 10.1 Å². The Morgan fingerprint density at radius 1 is 1.21 bits per heavy atom. The predicted octanol–water partition coefficient (Wildman–Crippen LogP) is 1.72. The van der Waals surface area contributed by atoms with Crippen molar-refractivity contribution < 1.29 is 14.5 Å². The summed E-state index contributed by atoms with van der Waals surface area (Å²) < 4.78 is 6.90. The van der Waals surface area contributed by atoms with E-state index in [1.807, 2.05) is 0 Å². The molecule has 2 aromatic heterocycles. The molecule has 1 aliphatic rings. The van der Waals surface area contributed by atoms with E-state index < -0.39 is 4.92 Å². The average Bonchev–Trinajstić information content (AvgIpc) is 3.21. The molecule has 0 spiro atoms. The Morgan fingerprint density at radius 3 is 2.82 bits per heavy atom. The number of aromatic nitrogens is 3. The molecule has 1 amide bonds. The molecule has 144 valence electrons. The van der Waals surface area contributed by atoms with E-state index in [0.29, 0.717) is 44.2 Å². The number of nitro benzene ring substituents is 1. The lowest BCUT2D eigenvalue weighted by molar-refractivity contribution is -0.384. The summed E-state index contributed by atoms with van der Waals surface area (Å²) in [5, 5.41) is 18.8. The number of anilines is 1. The van der Waals surface area contributed by atoms with Crippen molar-refractivity contribution in [3.05, 3.63) is 64.1 Å². The summed E-state index contributed by atoms with van der Waals surface area (Å²) in [4.78, 5) is 29.5. The fourth-order valence-corrected chi connectivity index (χ4v) is 3.12. The maximum Gasteiger partial charge on any atom is 0.293 e. The summed E-state index contributed by atoms with van der Waals surface area (Å²) in [6.07, 6.45) is 3.30. The Kier molecular flexibility index (Phi) is 4.85. The molecule has 1 aromatic carbocycles. The van der Waals surface area contributed by atoms with Crippen molar-refractivity contribution in [3.8, 4) is 0 Å². The first-order valence-electron chi connectivity index (χ1n) is 8.80. The summed E-state index contributed by atoms with van der Waals surface area (Å²) >= 11 is 0. The van der Waals surface area contributed by atoms with Crippen LogP contribution >= 0.6 is 0 Å². The largest absolute Gasteiger partial charge is 0.378 e. The number of morpholine rings is 1. The number of carbonyl (C=O) groups excluding carboxylic acids is 1. The average molecular weight is 382 g/mol. The molecular weight excluding hydrogens is 364 g/mol. The van der Waals surface area contributed by atoms with Crippen LogP contribution in [0.5, 0.6) is 0 Å². The maximum atomic E-state index is 12.6. The van der Waals surface area contributed by atoms with E-state index in [1.54, 1.807) is 46.1 Å². The molecule has 1 aliphatic heterocycles. The Morgan fingerprint density at radius 2 is 2.04 bits per heavy atom. The quantitative estimate of drug-likeness (QED) is 0.528. The summed E-state index contributed by atoms with van der Waals surface area (Å²) in [7, 11) is 0. The highest BCUT2D eigenvalue weighted by Gasteiger charge is 2.22. The van der Waals surface area contributed by atoms with Crippen LogP contribution in [-0.2, 0) is 11.3 Å². The number of carbonyl (C=O) groups is 1. The van der Waals surface area contributed by atoms with Gasteiger partial charge in [-0.1, -0.05) is 0 Å². The molecule has 0 saturated carbocycles. The number of ether oxygens (including phenoxy) is 1. The van der Waals surface area contributed by atoms with Gasteiger partial charge in [0.05, 0.1) is 36.6 Å². The lowest BCUT2D eigenvalue weighted by Gasteiger charge is -2.26. The molecule has 3 heterocycles. The van der Waals surface area contributed by atoms with E-state index in [9.17, 15) is 14.9 Å². The fraction of sp³-hybridized carbons (Fsp3) is 0.278. The van der Waals surface area contributed by atoms with Gasteiger partial charge >= 0.3 is 0 Å². The number of rotatable bonds is 5. The second kappa shape index (κ2) is 7.61. The highest BCUT2D eigenvalue weighted by molar-refractivity contribution is 5.95. The van der Waals surface area contributed by atoms with Crippen molar-refractivity contribution in [2.24, 2.45) is 0 Å². The van der Waals surface area contributed by atoms with Gasteiger partial charge < -0.3 is 15.0 Å². The fourth-order valence-electron chi connectivity index (χ4n) is 3.12. The molecule has 0 atom stereocenters. The first kappa shape index (κ1) is 17.9. The van der Waals surface area contributed by atoms with E-state index in [2.05, 4.69) is 15.4 Å². The van der Waals surface area contributed by atoms with Crippen molar-refractivity contribution in [2.75, 3.05) is 31.6 Å². The van der Waals surface area contributed by atoms with E-state index in [-0.39, 0.29) is 17.2 Å². The van der Waals surface area contributed by atoms with Gasteiger partial charge in [-0.2, -0.15) is 5.10 Å². The number of fused-ring (bicyclic) bond motifs is 1. The highest BCUT2D eigenvalue weighted by Crippen LogP contribution is 2.27. The van der Waals surface area contributed by atoms with Crippen LogP contribution in [-0.4, -0.2) is 56.6 Å². The third-order valence-corrected chi connectivity index (χ3v) is 4.57. The van der Waals surface area contributed by atoms with Crippen LogP contribution in [0.2, 0.25) is 0 Å². The Bertz CT molecular complexity index is 1030. The zero-order chi connectivity index (χ0) is 19.5. The highest BCUT2D eigenvalue weighted by atomic mass is 16.6. The molecule has 0 radical (unpaired) electrons. The second-order valence-electron chi connectivity index (χ2n) is 6.28. The monoisotopic (exact) mass is 382 g/mol. The van der Waals surface area contributed by atoms with Gasteiger partial charge in [-0.25, -0.2) is 9.50 Å². The summed E-state index contributed by atoms with van der Waals surface area (Å²) in [6, 6.07) is 8.04. The Labute approximate surface area is 159 Å². The molecule has 0 unspecified atom stereocenters. The van der Waals surface area contributed by atoms with Gasteiger partial charge in [0.15, 0.2) is 5.65 Å². The Balaban J connectivity index is 1.56. The van der Waals surface area contributed by atoms with Crippen molar-refractivity contribution in [1.82, 2.24) is 19.5 Å². The van der Waals surface area contributed by atoms with Gasteiger partial charge in [0.1, 0.15) is 5.69 Å². The van der Waals surface area contributed by atoms with Crippen molar-refractivity contribution in [3.63, 3.8) is 0 Å². The number of amides is 1. The molecule has 4 rings (SSSR count). The van der Waals surface area contributed by atoms with Crippen LogP contribution < -0.4 is 5.32 Å². The third-order valence-electron chi connectivity index (χ3n) is 4.57. The van der Waals surface area contributed by atoms with E-state index in [4.69, 9.17) is 4.74 Å². The SMILES string of the molecule is O=C(c1ccc(NCc2ccnc3ccnn23)c([N+](=O)[O-])c1)N1CCOCC1. The second-order valence-corrected chi connectivity index (χ2v) is 6.28. The van der Waals surface area contributed by atoms with Crippen LogP contribution in [0.15, 0.2) is 42.7 Å². The van der Waals surface area contributed by atoms with Crippen LogP contribution in [0.4, 0.5) is 11.4 Å². The van der Waals surface area contributed by atoms with Gasteiger partial charge in [0, 0.05) is 37.0 Å². The zero-order valence-electron chi connectivity index (χ0n) is 14.9. The number of hydrogen-bond acceptors (Lipinski definition) is 7. The first-order valence-corrected chi connectivity index (χ1v) is 8.80. The summed E-state index contributed by atoms with van der Waals surface area (Å²) in [5.41, 5.74) is 1.97. The normalized spacial score (nSPS) is 14.2. The first-order chi connectivity index (χ1) is 13.6. The molecule has 1 saturated heterocycles. The van der Waals surface area contributed by atoms with Crippen molar-refractivity contribution in [1.29, 1.82) is 0 Å². The standard InChI is InChI=1S/C18H18N6O4/c25-18(22-7-9-28-10-8-22)13-1-2-15(16(11-13)24(26)27)20-12-14-3-5-19-17-4-6-21-23(14)17/h1-6,11,20H,7-10,12H2. The molecule has 10 heteroatoms. The number of benzene rings is 1. The number of nitrogens with one attached hydrogen (secondary N) is 1. The maximum absolute atomic E-state index is 12.6. The molecule has 3 aromatic rings. The molecule has 0 bridgehead atoms. The molecule has 1 N–H and O–H groups in total. The molecular formula is C18H18N6O4. The van der Waals surface area contributed by atoms with E-state index in [0.717, 1.165) is 5.69 Å². The predicted molar refractivity (Wildman–Crippen MR) is 100 cm³/mol. The lowest BCUT2D eigenvalue weighted by atomic mass is 10.1. The summed E-state index contributed by atoms with van der Waals surface area (Å²) in [6.45, 7) is 2.23. The van der Waals surface area contributed by atoms with Gasteiger partial charge in [-0.3, -0.25) is 14.9 Å². The number of hydrogen-bond donors (Lipinski definition) is 1. The van der Waals surface area contributed by atoms with Crippen molar-refractivity contribution in [2.45, 2.75) is 6.54 Å². The van der Waals surface area contributed by atoms with E-state index >= 15 is 0 Å². The van der Waals surface area contributed by atoms with Crippen LogP contribution in [0.3, 0.4) is 0 Å². The minimum atomic E-state index is -0.492. The number of nitrogens with zero attached hydrogens (tertiary/aromatic N) is 5. The minimum absolute atomic E-state index is 0.148. The Hall–Kier alpha value is -3.53. The summed E-state index contributed by atoms with van der Waals surface area (Å²) in [5.74, 6) is -0.231. The smallest absolute Gasteiger partial charge is 0.293 e. The molecule has 28 heavy (non-hydrogen) atoms. The van der Waals surface area contributed by atoms with E-state index in [1.165, 1.54) is 6.07 Å². The molecule has 1 fully saturated rings. The molecule has 0 aliphatic carbocycles. The third kappa shape index (κ3) is 3.49.